The van der Waals surface area contributed by atoms with E-state index < -0.39 is 18.1 Å². The fourth-order valence-electron chi connectivity index (χ4n) is 2.22. The number of hydrogen-bond donors (Lipinski definition) is 4. The zero-order valence-corrected chi connectivity index (χ0v) is 6.59. The summed E-state index contributed by atoms with van der Waals surface area (Å²) in [6.45, 7) is 0. The smallest absolute Gasteiger partial charge is 0.146 e. The van der Waals surface area contributed by atoms with Crippen molar-refractivity contribution in [2.75, 3.05) is 0 Å². The predicted molar refractivity (Wildman–Crippen MR) is 37.9 cm³/mol. The number of nitrogens with zero attached hydrogens (tertiary/aromatic N) is 1. The Morgan fingerprint density at radius 3 is 2.58 bits per heavy atom. The number of fused-ring (bicyclic) bond motifs is 2. The summed E-state index contributed by atoms with van der Waals surface area (Å²) >= 11 is 0. The highest BCUT2D eigenvalue weighted by Crippen LogP contribution is 2.44. The van der Waals surface area contributed by atoms with Crippen LogP contribution in [0.3, 0.4) is 0 Å². The van der Waals surface area contributed by atoms with Crippen LogP contribution >= 0.6 is 0 Å². The second kappa shape index (κ2) is 2.40. The standard InChI is InChI=1S/C7H13NO4/c9-5-3-7(11)2-4(5)1-6(10)8(7)12/h4-6,9-12H,1-3H2. The third-order valence-electron chi connectivity index (χ3n) is 2.89. The van der Waals surface area contributed by atoms with Gasteiger partial charge in [-0.25, -0.2) is 0 Å². The first-order chi connectivity index (χ1) is 5.53. The van der Waals surface area contributed by atoms with Crippen LogP contribution in [0.15, 0.2) is 0 Å². The van der Waals surface area contributed by atoms with Gasteiger partial charge >= 0.3 is 0 Å². The van der Waals surface area contributed by atoms with Gasteiger partial charge in [-0.2, -0.15) is 0 Å². The van der Waals surface area contributed by atoms with Gasteiger partial charge in [-0.1, -0.05) is 0 Å². The van der Waals surface area contributed by atoms with E-state index in [9.17, 15) is 20.5 Å². The molecule has 0 spiro atoms. The van der Waals surface area contributed by atoms with Crippen LogP contribution < -0.4 is 0 Å². The molecule has 4 atom stereocenters. The van der Waals surface area contributed by atoms with E-state index in [1.54, 1.807) is 0 Å². The van der Waals surface area contributed by atoms with Gasteiger partial charge in [0, 0.05) is 6.42 Å². The van der Waals surface area contributed by atoms with Crippen LogP contribution in [0.2, 0.25) is 0 Å². The summed E-state index contributed by atoms with van der Waals surface area (Å²) in [7, 11) is 0. The van der Waals surface area contributed by atoms with Gasteiger partial charge in [0.15, 0.2) is 0 Å². The molecule has 0 aromatic rings. The molecule has 2 bridgehead atoms. The number of piperidine rings is 1. The molecule has 12 heavy (non-hydrogen) atoms. The lowest BCUT2D eigenvalue weighted by Crippen LogP contribution is -2.53. The highest BCUT2D eigenvalue weighted by molar-refractivity contribution is 4.97. The highest BCUT2D eigenvalue weighted by atomic mass is 16.6. The van der Waals surface area contributed by atoms with E-state index in [2.05, 4.69) is 0 Å². The lowest BCUT2D eigenvalue weighted by molar-refractivity contribution is -0.332. The minimum Gasteiger partial charge on any atom is -0.393 e. The van der Waals surface area contributed by atoms with Gasteiger partial charge in [-0.15, -0.1) is 5.06 Å². The quantitative estimate of drug-likeness (QED) is 0.374. The summed E-state index contributed by atoms with van der Waals surface area (Å²) in [5.41, 5.74) is -1.41. The minimum atomic E-state index is -1.41. The van der Waals surface area contributed by atoms with Crippen LogP contribution in [0.1, 0.15) is 19.3 Å². The third kappa shape index (κ3) is 0.982. The van der Waals surface area contributed by atoms with E-state index in [4.69, 9.17) is 0 Å². The molecule has 5 heteroatoms. The Kier molecular flexibility index (Phi) is 1.68. The fourth-order valence-corrected chi connectivity index (χ4v) is 2.22. The van der Waals surface area contributed by atoms with Crippen LogP contribution in [0.4, 0.5) is 0 Å². The van der Waals surface area contributed by atoms with E-state index in [-0.39, 0.29) is 12.3 Å². The Balaban J connectivity index is 2.24. The Hall–Kier alpha value is -0.200. The summed E-state index contributed by atoms with van der Waals surface area (Å²) in [4.78, 5) is 0. The van der Waals surface area contributed by atoms with Crippen LogP contribution in [0.25, 0.3) is 0 Å². The first kappa shape index (κ1) is 8.40. The molecule has 0 amide bonds. The van der Waals surface area contributed by atoms with Gasteiger partial charge in [0.2, 0.25) is 0 Å². The number of hydroxylamine groups is 2. The number of aliphatic hydroxyl groups excluding tert-OH is 2. The van der Waals surface area contributed by atoms with Gasteiger partial charge in [0.1, 0.15) is 12.0 Å². The molecular formula is C7H13NO4. The second-order valence-electron chi connectivity index (χ2n) is 3.78. The Bertz CT molecular complexity index is 196. The van der Waals surface area contributed by atoms with Crippen molar-refractivity contribution in [3.8, 4) is 0 Å². The van der Waals surface area contributed by atoms with Crippen molar-refractivity contribution in [1.82, 2.24) is 5.06 Å². The molecule has 0 aromatic heterocycles. The SMILES string of the molecule is OC1CC2(O)CC1CC(O)N2O. The summed E-state index contributed by atoms with van der Waals surface area (Å²) in [5.74, 6) is -0.0894. The maximum atomic E-state index is 9.69. The molecule has 70 valence electrons. The Morgan fingerprint density at radius 1 is 1.25 bits per heavy atom. The Morgan fingerprint density at radius 2 is 1.92 bits per heavy atom. The van der Waals surface area contributed by atoms with Gasteiger partial charge in [0.25, 0.3) is 0 Å². The van der Waals surface area contributed by atoms with Gasteiger partial charge in [-0.3, -0.25) is 0 Å². The maximum Gasteiger partial charge on any atom is 0.146 e. The fraction of sp³-hybridized carbons (Fsp3) is 1.00. The number of rotatable bonds is 0. The molecule has 1 aliphatic carbocycles. The van der Waals surface area contributed by atoms with E-state index in [0.717, 1.165) is 0 Å². The van der Waals surface area contributed by atoms with Crippen molar-refractivity contribution < 1.29 is 20.5 Å². The van der Waals surface area contributed by atoms with Gasteiger partial charge in [-0.05, 0) is 18.8 Å². The zero-order chi connectivity index (χ0) is 8.93. The molecule has 2 rings (SSSR count). The lowest BCUT2D eigenvalue weighted by atomic mass is 9.96. The average molecular weight is 175 g/mol. The molecule has 0 aromatic carbocycles. The van der Waals surface area contributed by atoms with Crippen molar-refractivity contribution in [2.45, 2.75) is 37.3 Å². The first-order valence-electron chi connectivity index (χ1n) is 4.10. The second-order valence-corrected chi connectivity index (χ2v) is 3.78. The molecule has 2 fully saturated rings. The largest absolute Gasteiger partial charge is 0.393 e. The molecule has 1 heterocycles. The molecule has 1 saturated carbocycles. The van der Waals surface area contributed by atoms with E-state index in [1.807, 2.05) is 0 Å². The molecule has 2 aliphatic rings. The molecular weight excluding hydrogens is 162 g/mol. The molecule has 1 aliphatic heterocycles. The van der Waals surface area contributed by atoms with E-state index in [0.29, 0.717) is 17.9 Å². The van der Waals surface area contributed by atoms with Gasteiger partial charge in [0.05, 0.1) is 6.10 Å². The van der Waals surface area contributed by atoms with Crippen molar-refractivity contribution in [3.05, 3.63) is 0 Å². The summed E-state index contributed by atoms with van der Waals surface area (Å²) in [6.07, 6.45) is -0.889. The maximum absolute atomic E-state index is 9.69. The van der Waals surface area contributed by atoms with E-state index in [1.165, 1.54) is 0 Å². The molecule has 4 unspecified atom stereocenters. The van der Waals surface area contributed by atoms with Crippen LogP contribution in [0, 0.1) is 5.92 Å². The normalized spacial score (nSPS) is 54.5. The molecule has 4 N–H and O–H groups in total. The van der Waals surface area contributed by atoms with Gasteiger partial charge < -0.3 is 20.5 Å². The monoisotopic (exact) mass is 175 g/mol. The van der Waals surface area contributed by atoms with E-state index >= 15 is 0 Å². The molecule has 1 saturated heterocycles. The molecule has 0 radical (unpaired) electrons. The van der Waals surface area contributed by atoms with Crippen molar-refractivity contribution in [3.63, 3.8) is 0 Å². The average Bonchev–Trinajstić information content (AvgIpc) is 2.22. The highest BCUT2D eigenvalue weighted by Gasteiger charge is 2.53. The first-order valence-corrected chi connectivity index (χ1v) is 4.10. The van der Waals surface area contributed by atoms with Crippen LogP contribution in [-0.2, 0) is 0 Å². The van der Waals surface area contributed by atoms with Crippen LogP contribution in [0.5, 0.6) is 0 Å². The number of aliphatic hydroxyl groups is 3. The van der Waals surface area contributed by atoms with Crippen molar-refractivity contribution in [1.29, 1.82) is 0 Å². The number of hydrogen-bond acceptors (Lipinski definition) is 5. The topological polar surface area (TPSA) is 84.2 Å². The summed E-state index contributed by atoms with van der Waals surface area (Å²) < 4.78 is 0. The van der Waals surface area contributed by atoms with Crippen molar-refractivity contribution in [2.24, 2.45) is 5.92 Å². The van der Waals surface area contributed by atoms with Crippen molar-refractivity contribution >= 4 is 0 Å². The zero-order valence-electron chi connectivity index (χ0n) is 6.59. The van der Waals surface area contributed by atoms with Crippen LogP contribution in [-0.4, -0.2) is 43.6 Å². The molecule has 5 nitrogen and oxygen atoms in total. The summed E-state index contributed by atoms with van der Waals surface area (Å²) in [6, 6.07) is 0. The summed E-state index contributed by atoms with van der Waals surface area (Å²) in [5, 5.41) is 38.1. The third-order valence-corrected chi connectivity index (χ3v) is 2.89. The lowest BCUT2D eigenvalue weighted by Gasteiger charge is -2.38. The predicted octanol–water partition coefficient (Wildman–Crippen LogP) is -1.14. The minimum absolute atomic E-state index is 0.0894. The Labute approximate surface area is 69.8 Å².